The maximum atomic E-state index is 8.97. The zero-order chi connectivity index (χ0) is 8.55. The number of aliphatic hydroxyl groups is 1. The molecule has 4 heteroatoms. The fourth-order valence-electron chi connectivity index (χ4n) is 1.25. The molecule has 0 amide bonds. The van der Waals surface area contributed by atoms with E-state index in [0.717, 1.165) is 16.9 Å². The van der Waals surface area contributed by atoms with E-state index in [0.29, 0.717) is 0 Å². The van der Waals surface area contributed by atoms with Crippen molar-refractivity contribution in [1.82, 2.24) is 9.38 Å². The molecule has 0 radical (unpaired) electrons. The molecule has 0 aliphatic rings. The average molecular weight is 200 g/mol. The Bertz CT molecular complexity index is 411. The summed E-state index contributed by atoms with van der Waals surface area (Å²) in [5, 5.41) is 8.97. The normalized spacial score (nSPS) is 10.0. The Labute approximate surface area is 119 Å². The van der Waals surface area contributed by atoms with Gasteiger partial charge in [-0.05, 0) is 6.92 Å². The van der Waals surface area contributed by atoms with Crippen LogP contribution in [0.25, 0.3) is 5.65 Å². The summed E-state index contributed by atoms with van der Waals surface area (Å²) in [6.07, 6.45) is 3.71. The average Bonchev–Trinajstić information content (AvgIpc) is 2.44. The number of aliphatic hydroxyl groups excluding tert-OH is 1. The van der Waals surface area contributed by atoms with Crippen LogP contribution in [0.4, 0.5) is 0 Å². The molecule has 2 rings (SSSR count). The van der Waals surface area contributed by atoms with Crippen LogP contribution in [0.1, 0.15) is 11.3 Å². The number of imidazole rings is 1. The fraction of sp³-hybridized carbons (Fsp3) is 0.222. The van der Waals surface area contributed by atoms with Crippen LogP contribution in [0.3, 0.4) is 0 Å². The number of aryl methyl sites for hydroxylation is 1. The van der Waals surface area contributed by atoms with Gasteiger partial charge in [0.1, 0.15) is 0 Å². The molecule has 0 fully saturated rings. The van der Waals surface area contributed by atoms with Crippen LogP contribution in [0.15, 0.2) is 18.5 Å². The van der Waals surface area contributed by atoms with Crippen molar-refractivity contribution < 1.29 is 56.5 Å². The third-order valence-electron chi connectivity index (χ3n) is 1.78. The molecule has 62 valence electrons. The summed E-state index contributed by atoms with van der Waals surface area (Å²) in [5.41, 5.74) is 2.57. The summed E-state index contributed by atoms with van der Waals surface area (Å²) in [5.74, 6) is 0. The van der Waals surface area contributed by atoms with Crippen LogP contribution in [0.5, 0.6) is 0 Å². The molecule has 0 aliphatic heterocycles. The largest absolute Gasteiger partial charge is 1.00 e. The molecule has 0 spiro atoms. The van der Waals surface area contributed by atoms with Gasteiger partial charge in [0, 0.05) is 12.8 Å². The van der Waals surface area contributed by atoms with E-state index < -0.39 is 0 Å². The third kappa shape index (κ3) is 2.20. The van der Waals surface area contributed by atoms with Crippen molar-refractivity contribution in [1.29, 1.82) is 0 Å². The number of pyridine rings is 1. The molecule has 3 nitrogen and oxygen atoms in total. The number of nitrogens with zero attached hydrogens (tertiary/aromatic N) is 2. The maximum absolute atomic E-state index is 8.97. The summed E-state index contributed by atoms with van der Waals surface area (Å²) >= 11 is 0. The van der Waals surface area contributed by atoms with Gasteiger partial charge in [-0.3, -0.25) is 4.98 Å². The second-order valence-electron chi connectivity index (χ2n) is 2.74. The fourth-order valence-corrected chi connectivity index (χ4v) is 1.25. The molecule has 0 aromatic carbocycles. The zero-order valence-corrected chi connectivity index (χ0v) is 10.9. The monoisotopic (exact) mass is 200 g/mol. The number of hydrogen-bond donors (Lipinski definition) is 1. The van der Waals surface area contributed by atoms with E-state index in [1.54, 1.807) is 12.3 Å². The number of aromatic nitrogens is 2. The van der Waals surface area contributed by atoms with Crippen molar-refractivity contribution in [3.63, 3.8) is 0 Å². The van der Waals surface area contributed by atoms with Gasteiger partial charge in [0.15, 0.2) is 0 Å². The molecule has 0 saturated carbocycles. The van der Waals surface area contributed by atoms with Gasteiger partial charge in [0.25, 0.3) is 0 Å². The molecule has 13 heavy (non-hydrogen) atoms. The van der Waals surface area contributed by atoms with Crippen LogP contribution in [0.2, 0.25) is 0 Å². The van der Waals surface area contributed by atoms with Crippen LogP contribution >= 0.6 is 0 Å². The Morgan fingerprint density at radius 3 is 3.08 bits per heavy atom. The van der Waals surface area contributed by atoms with Crippen molar-refractivity contribution in [3.8, 4) is 0 Å². The first-order chi connectivity index (χ1) is 5.81. The van der Waals surface area contributed by atoms with Gasteiger partial charge in [-0.25, -0.2) is 12.1 Å². The molecule has 0 aliphatic carbocycles. The first-order valence-electron chi connectivity index (χ1n) is 3.76. The SMILES string of the molecule is Cc1cn2c[c-]cc(CO)c2n1.[K+]. The van der Waals surface area contributed by atoms with Crippen molar-refractivity contribution in [2.45, 2.75) is 13.5 Å². The molecule has 1 N–H and O–H groups in total. The van der Waals surface area contributed by atoms with Gasteiger partial charge < -0.3 is 9.51 Å². The zero-order valence-electron chi connectivity index (χ0n) is 7.78. The number of rotatable bonds is 1. The van der Waals surface area contributed by atoms with Crippen molar-refractivity contribution in [2.24, 2.45) is 0 Å². The molecule has 2 aromatic rings. The molecule has 2 heterocycles. The molecule has 0 atom stereocenters. The minimum Gasteiger partial charge on any atom is -0.410 e. The standard InChI is InChI=1S/C9H9N2O.K/c1-7-5-11-4-2-3-8(6-12)9(11)10-7;/h3-5,12H,6H2,1H3;/q-1;+1. The Morgan fingerprint density at radius 1 is 1.62 bits per heavy atom. The van der Waals surface area contributed by atoms with E-state index in [2.05, 4.69) is 11.1 Å². The van der Waals surface area contributed by atoms with E-state index in [9.17, 15) is 0 Å². The van der Waals surface area contributed by atoms with E-state index in [4.69, 9.17) is 5.11 Å². The second-order valence-corrected chi connectivity index (χ2v) is 2.74. The van der Waals surface area contributed by atoms with E-state index in [1.807, 2.05) is 17.5 Å². The Kier molecular flexibility index (Phi) is 4.09. The Hall–Kier alpha value is 0.286. The predicted molar refractivity (Wildman–Crippen MR) is 44.7 cm³/mol. The first kappa shape index (κ1) is 11.4. The molecule has 0 unspecified atom stereocenters. The second kappa shape index (κ2) is 4.68. The van der Waals surface area contributed by atoms with Gasteiger partial charge in [-0.15, -0.1) is 5.56 Å². The summed E-state index contributed by atoms with van der Waals surface area (Å²) in [6.45, 7) is 1.94. The Balaban J connectivity index is 0.000000845. The van der Waals surface area contributed by atoms with Gasteiger partial charge in [-0.1, -0.05) is 6.20 Å². The summed E-state index contributed by atoms with van der Waals surface area (Å²) in [6, 6.07) is 4.68. The predicted octanol–water partition coefficient (Wildman–Crippen LogP) is -2.06. The molecule has 2 aromatic heterocycles. The van der Waals surface area contributed by atoms with Gasteiger partial charge in [0.2, 0.25) is 0 Å². The molecule has 0 bridgehead atoms. The molecular formula is C9H9KN2O. The third-order valence-corrected chi connectivity index (χ3v) is 1.78. The minimum absolute atomic E-state index is 0. The van der Waals surface area contributed by atoms with Gasteiger partial charge >= 0.3 is 51.4 Å². The van der Waals surface area contributed by atoms with Gasteiger partial charge in [0.05, 0.1) is 11.3 Å². The van der Waals surface area contributed by atoms with Crippen molar-refractivity contribution in [2.75, 3.05) is 0 Å². The quantitative estimate of drug-likeness (QED) is 0.424. The summed E-state index contributed by atoms with van der Waals surface area (Å²) in [7, 11) is 0. The van der Waals surface area contributed by atoms with Crippen molar-refractivity contribution >= 4 is 5.65 Å². The van der Waals surface area contributed by atoms with Crippen LogP contribution < -0.4 is 51.4 Å². The van der Waals surface area contributed by atoms with Crippen LogP contribution in [-0.2, 0) is 6.61 Å². The minimum atomic E-state index is 0. The summed E-state index contributed by atoms with van der Waals surface area (Å²) < 4.78 is 1.86. The number of hydrogen-bond acceptors (Lipinski definition) is 2. The van der Waals surface area contributed by atoms with E-state index in [1.165, 1.54) is 0 Å². The smallest absolute Gasteiger partial charge is 0.410 e. The van der Waals surface area contributed by atoms with Crippen LogP contribution in [0, 0.1) is 13.0 Å². The Morgan fingerprint density at radius 2 is 2.38 bits per heavy atom. The molecule has 0 saturated heterocycles. The van der Waals surface area contributed by atoms with Crippen molar-refractivity contribution in [3.05, 3.63) is 35.8 Å². The maximum Gasteiger partial charge on any atom is 1.00 e. The summed E-state index contributed by atoms with van der Waals surface area (Å²) in [4.78, 5) is 4.27. The van der Waals surface area contributed by atoms with E-state index in [-0.39, 0.29) is 58.0 Å². The van der Waals surface area contributed by atoms with Gasteiger partial charge in [-0.2, -0.15) is 0 Å². The first-order valence-corrected chi connectivity index (χ1v) is 3.76. The topological polar surface area (TPSA) is 37.5 Å². The number of fused-ring (bicyclic) bond motifs is 1. The van der Waals surface area contributed by atoms with Crippen LogP contribution in [-0.4, -0.2) is 14.5 Å². The molecular weight excluding hydrogens is 191 g/mol. The van der Waals surface area contributed by atoms with E-state index >= 15 is 0 Å².